The van der Waals surface area contributed by atoms with E-state index in [0.29, 0.717) is 18.8 Å². The van der Waals surface area contributed by atoms with Gasteiger partial charge in [-0.2, -0.15) is 5.26 Å². The lowest BCUT2D eigenvalue weighted by Gasteiger charge is -2.35. The van der Waals surface area contributed by atoms with Crippen molar-refractivity contribution in [3.63, 3.8) is 0 Å². The van der Waals surface area contributed by atoms with Gasteiger partial charge in [0.2, 0.25) is 0 Å². The number of anilines is 1. The van der Waals surface area contributed by atoms with E-state index in [4.69, 9.17) is 9.72 Å². The van der Waals surface area contributed by atoms with Crippen LogP contribution in [0.5, 0.6) is 0 Å². The van der Waals surface area contributed by atoms with Crippen molar-refractivity contribution < 1.29 is 4.74 Å². The molecule has 1 aromatic rings. The zero-order valence-corrected chi connectivity index (χ0v) is 10.6. The van der Waals surface area contributed by atoms with Gasteiger partial charge >= 0.3 is 0 Å². The van der Waals surface area contributed by atoms with Crippen molar-refractivity contribution >= 4 is 5.82 Å². The Morgan fingerprint density at radius 1 is 1.50 bits per heavy atom. The van der Waals surface area contributed by atoms with Gasteiger partial charge < -0.3 is 9.64 Å². The first-order valence-corrected chi connectivity index (χ1v) is 6.57. The minimum atomic E-state index is 0.290. The molecule has 1 aliphatic heterocycles. The van der Waals surface area contributed by atoms with Crippen LogP contribution in [0.15, 0.2) is 6.07 Å². The van der Waals surface area contributed by atoms with Crippen molar-refractivity contribution in [3.05, 3.63) is 22.9 Å². The summed E-state index contributed by atoms with van der Waals surface area (Å²) in [5.41, 5.74) is 3.16. The number of hydrogen-bond donors (Lipinski definition) is 0. The highest BCUT2D eigenvalue weighted by Crippen LogP contribution is 2.28. The molecule has 2 aliphatic rings. The molecular formula is C14H17N3O. The van der Waals surface area contributed by atoms with Crippen LogP contribution in [0.25, 0.3) is 0 Å². The first-order chi connectivity index (χ1) is 8.79. The molecule has 0 aromatic carbocycles. The maximum absolute atomic E-state index is 9.32. The second-order valence-electron chi connectivity index (χ2n) is 5.05. The third-order valence-electron chi connectivity index (χ3n) is 3.79. The Bertz CT molecular complexity index is 506. The molecule has 0 radical (unpaired) electrons. The minimum absolute atomic E-state index is 0.290. The van der Waals surface area contributed by atoms with Gasteiger partial charge in [0.15, 0.2) is 0 Å². The van der Waals surface area contributed by atoms with Gasteiger partial charge in [0.1, 0.15) is 11.9 Å². The van der Waals surface area contributed by atoms with E-state index >= 15 is 0 Å². The van der Waals surface area contributed by atoms with Crippen molar-refractivity contribution in [2.24, 2.45) is 0 Å². The van der Waals surface area contributed by atoms with E-state index in [9.17, 15) is 5.26 Å². The standard InChI is InChI=1S/C14H17N3O/c1-10-9-18-6-5-17(10)14-12(8-15)7-11-3-2-4-13(11)16-14/h7,10H,2-6,9H2,1H3. The number of nitriles is 1. The van der Waals surface area contributed by atoms with Gasteiger partial charge in [0.05, 0.1) is 24.8 Å². The van der Waals surface area contributed by atoms with Crippen LogP contribution in [0.3, 0.4) is 0 Å². The first-order valence-electron chi connectivity index (χ1n) is 6.57. The highest BCUT2D eigenvalue weighted by atomic mass is 16.5. The summed E-state index contributed by atoms with van der Waals surface area (Å²) in [5, 5.41) is 9.32. The fourth-order valence-corrected chi connectivity index (χ4v) is 2.80. The Balaban J connectivity index is 2.02. The molecule has 4 nitrogen and oxygen atoms in total. The zero-order chi connectivity index (χ0) is 12.5. The average Bonchev–Trinajstić information content (AvgIpc) is 2.85. The van der Waals surface area contributed by atoms with E-state index in [-0.39, 0.29) is 6.04 Å². The monoisotopic (exact) mass is 243 g/mol. The summed E-state index contributed by atoms with van der Waals surface area (Å²) in [6.45, 7) is 4.37. The molecule has 0 bridgehead atoms. The Hall–Kier alpha value is -1.60. The molecular weight excluding hydrogens is 226 g/mol. The van der Waals surface area contributed by atoms with Crippen LogP contribution in [-0.4, -0.2) is 30.8 Å². The first kappa shape index (κ1) is 11.5. The second kappa shape index (κ2) is 4.58. The van der Waals surface area contributed by atoms with Crippen LogP contribution in [0.4, 0.5) is 5.82 Å². The van der Waals surface area contributed by atoms with Gasteiger partial charge in [-0.15, -0.1) is 0 Å². The van der Waals surface area contributed by atoms with Crippen LogP contribution in [-0.2, 0) is 17.6 Å². The Labute approximate surface area is 107 Å². The van der Waals surface area contributed by atoms with Gasteiger partial charge in [0.25, 0.3) is 0 Å². The van der Waals surface area contributed by atoms with Gasteiger partial charge in [-0.25, -0.2) is 4.98 Å². The molecule has 1 atom stereocenters. The van der Waals surface area contributed by atoms with Crippen molar-refractivity contribution in [2.75, 3.05) is 24.7 Å². The summed E-state index contributed by atoms with van der Waals surface area (Å²) in [4.78, 5) is 6.96. The molecule has 0 amide bonds. The van der Waals surface area contributed by atoms with Gasteiger partial charge in [-0.3, -0.25) is 0 Å². The average molecular weight is 243 g/mol. The summed E-state index contributed by atoms with van der Waals surface area (Å²) >= 11 is 0. The maximum atomic E-state index is 9.32. The summed E-state index contributed by atoms with van der Waals surface area (Å²) in [5.74, 6) is 0.856. The summed E-state index contributed by atoms with van der Waals surface area (Å²) in [6, 6.07) is 4.62. The molecule has 1 saturated heterocycles. The maximum Gasteiger partial charge on any atom is 0.147 e. The highest BCUT2D eigenvalue weighted by molar-refractivity contribution is 5.57. The molecule has 0 saturated carbocycles. The minimum Gasteiger partial charge on any atom is -0.377 e. The molecule has 18 heavy (non-hydrogen) atoms. The smallest absolute Gasteiger partial charge is 0.147 e. The topological polar surface area (TPSA) is 49.1 Å². The van der Waals surface area contributed by atoms with Crippen LogP contribution in [0.1, 0.15) is 30.2 Å². The van der Waals surface area contributed by atoms with Gasteiger partial charge in [-0.1, -0.05) is 0 Å². The lowest BCUT2D eigenvalue weighted by Crippen LogP contribution is -2.44. The molecule has 1 aromatic heterocycles. The van der Waals surface area contributed by atoms with E-state index < -0.39 is 0 Å². The van der Waals surface area contributed by atoms with Crippen LogP contribution >= 0.6 is 0 Å². The van der Waals surface area contributed by atoms with Crippen LogP contribution in [0, 0.1) is 11.3 Å². The van der Waals surface area contributed by atoms with Crippen molar-refractivity contribution in [2.45, 2.75) is 32.2 Å². The molecule has 1 fully saturated rings. The van der Waals surface area contributed by atoms with E-state index in [0.717, 1.165) is 31.6 Å². The summed E-state index contributed by atoms with van der Waals surface area (Å²) in [7, 11) is 0. The highest BCUT2D eigenvalue weighted by Gasteiger charge is 2.25. The number of aryl methyl sites for hydroxylation is 2. The van der Waals surface area contributed by atoms with E-state index in [2.05, 4.69) is 17.9 Å². The largest absolute Gasteiger partial charge is 0.377 e. The predicted octanol–water partition coefficient (Wildman–Crippen LogP) is 1.67. The molecule has 94 valence electrons. The second-order valence-corrected chi connectivity index (χ2v) is 5.05. The Morgan fingerprint density at radius 2 is 2.39 bits per heavy atom. The van der Waals surface area contributed by atoms with E-state index in [1.165, 1.54) is 11.3 Å². The Kier molecular flexibility index (Phi) is 2.92. The molecule has 3 rings (SSSR count). The number of morpholine rings is 1. The quantitative estimate of drug-likeness (QED) is 0.752. The SMILES string of the molecule is CC1COCCN1c1nc2c(cc1C#N)CCC2. The fourth-order valence-electron chi connectivity index (χ4n) is 2.80. The number of rotatable bonds is 1. The third kappa shape index (κ3) is 1.85. The number of fused-ring (bicyclic) bond motifs is 1. The van der Waals surface area contributed by atoms with Gasteiger partial charge in [-0.05, 0) is 37.8 Å². The number of pyridine rings is 1. The third-order valence-corrected chi connectivity index (χ3v) is 3.79. The molecule has 0 N–H and O–H groups in total. The molecule has 2 heterocycles. The fraction of sp³-hybridized carbons (Fsp3) is 0.571. The van der Waals surface area contributed by atoms with Crippen molar-refractivity contribution in [1.82, 2.24) is 4.98 Å². The number of nitrogens with zero attached hydrogens (tertiary/aromatic N) is 3. The Morgan fingerprint density at radius 3 is 3.17 bits per heavy atom. The van der Waals surface area contributed by atoms with Crippen molar-refractivity contribution in [1.29, 1.82) is 5.26 Å². The number of hydrogen-bond acceptors (Lipinski definition) is 4. The number of aromatic nitrogens is 1. The normalized spacial score (nSPS) is 22.7. The molecule has 1 aliphatic carbocycles. The van der Waals surface area contributed by atoms with Gasteiger partial charge in [0, 0.05) is 12.2 Å². The van der Waals surface area contributed by atoms with Crippen LogP contribution in [0.2, 0.25) is 0 Å². The van der Waals surface area contributed by atoms with E-state index in [1.807, 2.05) is 6.07 Å². The molecule has 4 heteroatoms. The molecule has 0 spiro atoms. The lowest BCUT2D eigenvalue weighted by atomic mass is 10.1. The predicted molar refractivity (Wildman–Crippen MR) is 68.6 cm³/mol. The molecule has 1 unspecified atom stereocenters. The summed E-state index contributed by atoms with van der Waals surface area (Å²) in [6.07, 6.45) is 3.28. The lowest BCUT2D eigenvalue weighted by molar-refractivity contribution is 0.0985. The van der Waals surface area contributed by atoms with Crippen molar-refractivity contribution in [3.8, 4) is 6.07 Å². The summed E-state index contributed by atoms with van der Waals surface area (Å²) < 4.78 is 5.45. The zero-order valence-electron chi connectivity index (χ0n) is 10.6. The van der Waals surface area contributed by atoms with E-state index in [1.54, 1.807) is 0 Å². The van der Waals surface area contributed by atoms with Crippen LogP contribution < -0.4 is 4.90 Å². The number of ether oxygens (including phenoxy) is 1.